The Morgan fingerprint density at radius 1 is 1.50 bits per heavy atom. The first-order valence-electron chi connectivity index (χ1n) is 3.66. The first-order chi connectivity index (χ1) is 5.77. The van der Waals surface area contributed by atoms with E-state index in [1.807, 2.05) is 24.7 Å². The van der Waals surface area contributed by atoms with Crippen molar-refractivity contribution in [3.05, 3.63) is 24.4 Å². The van der Waals surface area contributed by atoms with E-state index in [0.29, 0.717) is 0 Å². The lowest BCUT2D eigenvalue weighted by molar-refractivity contribution is 0.421. The monoisotopic (exact) mass is 163 g/mol. The second-order valence-electron chi connectivity index (χ2n) is 2.77. The fourth-order valence-corrected chi connectivity index (χ4v) is 1.07. The highest BCUT2D eigenvalue weighted by atomic mass is 16.5. The molecule has 2 aromatic rings. The van der Waals surface area contributed by atoms with Crippen molar-refractivity contribution < 1.29 is 4.52 Å². The zero-order valence-electron chi connectivity index (χ0n) is 6.98. The van der Waals surface area contributed by atoms with Gasteiger partial charge in [-0.1, -0.05) is 5.16 Å². The number of hydrogen-bond acceptors (Lipinski definition) is 3. The van der Waals surface area contributed by atoms with Crippen molar-refractivity contribution in [2.75, 3.05) is 0 Å². The molecule has 12 heavy (non-hydrogen) atoms. The Kier molecular flexibility index (Phi) is 1.46. The van der Waals surface area contributed by atoms with Gasteiger partial charge in [-0.05, 0) is 6.92 Å². The van der Waals surface area contributed by atoms with E-state index >= 15 is 0 Å². The molecule has 0 aliphatic rings. The fraction of sp³-hybridized carbons (Fsp3) is 0.250. The summed E-state index contributed by atoms with van der Waals surface area (Å²) in [5.41, 5.74) is 2.67. The minimum Gasteiger partial charge on any atom is -0.364 e. The minimum atomic E-state index is 0.815. The van der Waals surface area contributed by atoms with Crippen LogP contribution < -0.4 is 0 Å². The first-order valence-corrected chi connectivity index (χ1v) is 3.66. The fourth-order valence-electron chi connectivity index (χ4n) is 1.07. The normalized spacial score (nSPS) is 10.5. The SMILES string of the molecule is Cc1conc1-c1cn(C)cn1. The predicted molar refractivity (Wildman–Crippen MR) is 43.4 cm³/mol. The third-order valence-corrected chi connectivity index (χ3v) is 1.69. The largest absolute Gasteiger partial charge is 0.364 e. The van der Waals surface area contributed by atoms with Gasteiger partial charge >= 0.3 is 0 Å². The Hall–Kier alpha value is -1.58. The average molecular weight is 163 g/mol. The molecule has 0 bridgehead atoms. The minimum absolute atomic E-state index is 0.815. The smallest absolute Gasteiger partial charge is 0.136 e. The zero-order chi connectivity index (χ0) is 8.55. The third-order valence-electron chi connectivity index (χ3n) is 1.69. The summed E-state index contributed by atoms with van der Waals surface area (Å²) < 4.78 is 6.69. The molecule has 2 heterocycles. The quantitative estimate of drug-likeness (QED) is 0.638. The van der Waals surface area contributed by atoms with Crippen molar-refractivity contribution in [1.82, 2.24) is 14.7 Å². The molecule has 2 aromatic heterocycles. The Bertz CT molecular complexity index is 388. The molecule has 0 aliphatic heterocycles. The number of rotatable bonds is 1. The Balaban J connectivity index is 2.50. The van der Waals surface area contributed by atoms with Crippen LogP contribution in [0.2, 0.25) is 0 Å². The van der Waals surface area contributed by atoms with Crippen molar-refractivity contribution in [3.63, 3.8) is 0 Å². The van der Waals surface area contributed by atoms with Crippen molar-refractivity contribution in [2.45, 2.75) is 6.92 Å². The van der Waals surface area contributed by atoms with Crippen LogP contribution in [0, 0.1) is 6.92 Å². The van der Waals surface area contributed by atoms with Crippen LogP contribution in [0.5, 0.6) is 0 Å². The van der Waals surface area contributed by atoms with Gasteiger partial charge in [-0.25, -0.2) is 4.98 Å². The van der Waals surface area contributed by atoms with Gasteiger partial charge in [0, 0.05) is 18.8 Å². The zero-order valence-corrected chi connectivity index (χ0v) is 6.98. The molecule has 4 heteroatoms. The van der Waals surface area contributed by atoms with Crippen LogP contribution in [0.1, 0.15) is 5.56 Å². The Morgan fingerprint density at radius 2 is 2.33 bits per heavy atom. The van der Waals surface area contributed by atoms with Crippen molar-refractivity contribution in [3.8, 4) is 11.4 Å². The van der Waals surface area contributed by atoms with E-state index in [4.69, 9.17) is 4.52 Å². The maximum atomic E-state index is 4.81. The van der Waals surface area contributed by atoms with Gasteiger partial charge in [0.15, 0.2) is 0 Å². The number of hydrogen-bond donors (Lipinski definition) is 0. The highest BCUT2D eigenvalue weighted by Crippen LogP contribution is 2.18. The van der Waals surface area contributed by atoms with E-state index in [1.165, 1.54) is 0 Å². The van der Waals surface area contributed by atoms with Gasteiger partial charge in [0.1, 0.15) is 17.7 Å². The molecule has 0 aromatic carbocycles. The summed E-state index contributed by atoms with van der Waals surface area (Å²) in [5.74, 6) is 0. The van der Waals surface area contributed by atoms with Crippen LogP contribution in [-0.4, -0.2) is 14.7 Å². The van der Waals surface area contributed by atoms with E-state index in [9.17, 15) is 0 Å². The molecule has 0 amide bonds. The van der Waals surface area contributed by atoms with E-state index in [1.54, 1.807) is 12.6 Å². The lowest BCUT2D eigenvalue weighted by Crippen LogP contribution is -1.80. The Morgan fingerprint density at radius 3 is 2.83 bits per heavy atom. The molecule has 0 N–H and O–H groups in total. The van der Waals surface area contributed by atoms with Crippen molar-refractivity contribution in [2.24, 2.45) is 7.05 Å². The van der Waals surface area contributed by atoms with Gasteiger partial charge in [0.2, 0.25) is 0 Å². The first kappa shape index (κ1) is 7.09. The lowest BCUT2D eigenvalue weighted by atomic mass is 10.2. The molecule has 0 saturated heterocycles. The molecule has 0 aliphatic carbocycles. The molecule has 4 nitrogen and oxygen atoms in total. The van der Waals surface area contributed by atoms with Gasteiger partial charge in [0.25, 0.3) is 0 Å². The van der Waals surface area contributed by atoms with Crippen molar-refractivity contribution in [1.29, 1.82) is 0 Å². The molecule has 0 fully saturated rings. The van der Waals surface area contributed by atoms with Gasteiger partial charge in [-0.15, -0.1) is 0 Å². The third kappa shape index (κ3) is 1.01. The van der Waals surface area contributed by atoms with E-state index in [2.05, 4.69) is 10.1 Å². The molecule has 62 valence electrons. The average Bonchev–Trinajstić information content (AvgIpc) is 2.58. The Labute approximate surface area is 69.8 Å². The van der Waals surface area contributed by atoms with Crippen LogP contribution in [0.3, 0.4) is 0 Å². The van der Waals surface area contributed by atoms with E-state index < -0.39 is 0 Å². The molecule has 0 radical (unpaired) electrons. The lowest BCUT2D eigenvalue weighted by Gasteiger charge is -1.87. The van der Waals surface area contributed by atoms with E-state index in [0.717, 1.165) is 17.0 Å². The van der Waals surface area contributed by atoms with Crippen LogP contribution in [0.25, 0.3) is 11.4 Å². The highest BCUT2D eigenvalue weighted by Gasteiger charge is 2.07. The molecule has 0 saturated carbocycles. The van der Waals surface area contributed by atoms with Gasteiger partial charge < -0.3 is 9.09 Å². The summed E-state index contributed by atoms with van der Waals surface area (Å²) >= 11 is 0. The number of aromatic nitrogens is 3. The van der Waals surface area contributed by atoms with Crippen LogP contribution in [0.15, 0.2) is 23.3 Å². The van der Waals surface area contributed by atoms with Gasteiger partial charge in [-0.2, -0.15) is 0 Å². The van der Waals surface area contributed by atoms with Crippen LogP contribution in [0.4, 0.5) is 0 Å². The van der Waals surface area contributed by atoms with E-state index in [-0.39, 0.29) is 0 Å². The highest BCUT2D eigenvalue weighted by molar-refractivity contribution is 5.55. The number of aryl methyl sites for hydroxylation is 2. The summed E-state index contributed by atoms with van der Waals surface area (Å²) in [6.07, 6.45) is 5.26. The molecule has 0 spiro atoms. The van der Waals surface area contributed by atoms with Crippen LogP contribution >= 0.6 is 0 Å². The number of imidazole rings is 1. The standard InChI is InChI=1S/C8H9N3O/c1-6-4-12-10-8(6)7-3-11(2)5-9-7/h3-5H,1-2H3. The molecule has 0 unspecified atom stereocenters. The van der Waals surface area contributed by atoms with Crippen molar-refractivity contribution >= 4 is 0 Å². The second-order valence-corrected chi connectivity index (χ2v) is 2.77. The summed E-state index contributed by atoms with van der Waals surface area (Å²) in [7, 11) is 1.92. The summed E-state index contributed by atoms with van der Waals surface area (Å²) in [5, 5.41) is 3.85. The van der Waals surface area contributed by atoms with Gasteiger partial charge in [0.05, 0.1) is 6.33 Å². The molecule has 0 atom stereocenters. The second kappa shape index (κ2) is 2.48. The topological polar surface area (TPSA) is 43.9 Å². The maximum absolute atomic E-state index is 4.81. The summed E-state index contributed by atoms with van der Waals surface area (Å²) in [6, 6.07) is 0. The number of nitrogens with zero attached hydrogens (tertiary/aromatic N) is 3. The van der Waals surface area contributed by atoms with Crippen LogP contribution in [-0.2, 0) is 7.05 Å². The molecule has 2 rings (SSSR count). The summed E-state index contributed by atoms with van der Waals surface area (Å²) in [4.78, 5) is 4.16. The predicted octanol–water partition coefficient (Wildman–Crippen LogP) is 1.38. The van der Waals surface area contributed by atoms with Gasteiger partial charge in [-0.3, -0.25) is 0 Å². The molecular formula is C8H9N3O. The summed E-state index contributed by atoms with van der Waals surface area (Å²) in [6.45, 7) is 1.94. The maximum Gasteiger partial charge on any atom is 0.136 e. The molecular weight excluding hydrogens is 154 g/mol.